The molecule has 0 aliphatic rings. The minimum Gasteiger partial charge on any atom is -0.421 e. The van der Waals surface area contributed by atoms with Gasteiger partial charge in [0, 0.05) is 0 Å². The highest BCUT2D eigenvalue weighted by Gasteiger charge is 2.11. The van der Waals surface area contributed by atoms with Gasteiger partial charge in [0.05, 0.1) is 22.2 Å². The summed E-state index contributed by atoms with van der Waals surface area (Å²) in [6, 6.07) is 13.6. The number of nitrogens with zero attached hydrogens (tertiary/aromatic N) is 1. The van der Waals surface area contributed by atoms with E-state index in [9.17, 15) is 4.79 Å². The van der Waals surface area contributed by atoms with E-state index in [2.05, 4.69) is 0 Å². The van der Waals surface area contributed by atoms with Crippen molar-refractivity contribution in [3.8, 4) is 11.8 Å². The molecule has 2 rings (SSSR count). The lowest BCUT2D eigenvalue weighted by molar-refractivity contribution is 0.0734. The van der Waals surface area contributed by atoms with Gasteiger partial charge < -0.3 is 4.74 Å². The molecular formula is C15H10ClNO2. The second kappa shape index (κ2) is 5.55. The molecule has 0 bridgehead atoms. The van der Waals surface area contributed by atoms with Crippen LogP contribution in [0.1, 0.15) is 21.5 Å². The van der Waals surface area contributed by atoms with Crippen LogP contribution in [0.3, 0.4) is 0 Å². The van der Waals surface area contributed by atoms with Gasteiger partial charge in [0.25, 0.3) is 0 Å². The van der Waals surface area contributed by atoms with Gasteiger partial charge in [0.2, 0.25) is 0 Å². The Hall–Kier alpha value is -2.31. The van der Waals surface area contributed by atoms with Gasteiger partial charge in [0.15, 0.2) is 0 Å². The minimum absolute atomic E-state index is 0.236. The monoisotopic (exact) mass is 271 g/mol. The first kappa shape index (κ1) is 13.1. The standard InChI is InChI=1S/C15H10ClNO2/c1-10-3-2-4-12(7-10)15(18)19-14-6-5-11(9-17)8-13(14)16/h2-8H,1H3. The first-order valence-corrected chi connectivity index (χ1v) is 5.96. The first-order chi connectivity index (χ1) is 9.10. The molecular weight excluding hydrogens is 262 g/mol. The van der Waals surface area contributed by atoms with Gasteiger partial charge in [-0.3, -0.25) is 0 Å². The Labute approximate surface area is 116 Å². The van der Waals surface area contributed by atoms with Crippen LogP contribution in [-0.4, -0.2) is 5.97 Å². The van der Waals surface area contributed by atoms with E-state index in [1.807, 2.05) is 19.1 Å². The Morgan fingerprint density at radius 1 is 1.26 bits per heavy atom. The molecule has 0 saturated heterocycles. The van der Waals surface area contributed by atoms with Crippen LogP contribution >= 0.6 is 11.6 Å². The van der Waals surface area contributed by atoms with E-state index in [-0.39, 0.29) is 10.8 Å². The number of carbonyl (C=O) groups excluding carboxylic acids is 1. The topological polar surface area (TPSA) is 50.1 Å². The Bertz CT molecular complexity index is 674. The summed E-state index contributed by atoms with van der Waals surface area (Å²) >= 11 is 5.94. The lowest BCUT2D eigenvalue weighted by Crippen LogP contribution is -2.08. The smallest absolute Gasteiger partial charge is 0.343 e. The lowest BCUT2D eigenvalue weighted by atomic mass is 10.1. The largest absolute Gasteiger partial charge is 0.421 e. The molecule has 0 unspecified atom stereocenters. The summed E-state index contributed by atoms with van der Waals surface area (Å²) in [5.41, 5.74) is 1.85. The number of carbonyl (C=O) groups is 1. The predicted octanol–water partition coefficient (Wildman–Crippen LogP) is 3.74. The molecule has 0 radical (unpaired) electrons. The Kier molecular flexibility index (Phi) is 3.84. The van der Waals surface area contributed by atoms with Crippen molar-refractivity contribution in [1.82, 2.24) is 0 Å². The number of esters is 1. The normalized spacial score (nSPS) is 9.74. The zero-order chi connectivity index (χ0) is 13.8. The van der Waals surface area contributed by atoms with Gasteiger partial charge in [-0.05, 0) is 37.3 Å². The molecule has 0 heterocycles. The van der Waals surface area contributed by atoms with Gasteiger partial charge >= 0.3 is 5.97 Å². The Balaban J connectivity index is 2.22. The van der Waals surface area contributed by atoms with Crippen molar-refractivity contribution in [2.75, 3.05) is 0 Å². The van der Waals surface area contributed by atoms with Gasteiger partial charge in [-0.2, -0.15) is 5.26 Å². The molecule has 0 amide bonds. The maximum absolute atomic E-state index is 11.9. The maximum Gasteiger partial charge on any atom is 0.343 e. The van der Waals surface area contributed by atoms with E-state index in [0.29, 0.717) is 11.1 Å². The van der Waals surface area contributed by atoms with Crippen molar-refractivity contribution in [3.63, 3.8) is 0 Å². The molecule has 4 heteroatoms. The van der Waals surface area contributed by atoms with Crippen LogP contribution < -0.4 is 4.74 Å². The van der Waals surface area contributed by atoms with E-state index < -0.39 is 5.97 Å². The highest BCUT2D eigenvalue weighted by Crippen LogP contribution is 2.26. The molecule has 2 aromatic rings. The summed E-state index contributed by atoms with van der Waals surface area (Å²) in [6.45, 7) is 1.89. The average Bonchev–Trinajstić information content (AvgIpc) is 2.41. The molecule has 0 spiro atoms. The fraction of sp³-hybridized carbons (Fsp3) is 0.0667. The average molecular weight is 272 g/mol. The molecule has 19 heavy (non-hydrogen) atoms. The van der Waals surface area contributed by atoms with Crippen molar-refractivity contribution >= 4 is 17.6 Å². The first-order valence-electron chi connectivity index (χ1n) is 5.58. The summed E-state index contributed by atoms with van der Waals surface area (Å²) < 4.78 is 5.21. The molecule has 0 atom stereocenters. The highest BCUT2D eigenvalue weighted by atomic mass is 35.5. The summed E-state index contributed by atoms with van der Waals surface area (Å²) in [5, 5.41) is 8.96. The van der Waals surface area contributed by atoms with Crippen LogP contribution in [0.2, 0.25) is 5.02 Å². The van der Waals surface area contributed by atoms with Crippen molar-refractivity contribution in [2.45, 2.75) is 6.92 Å². The minimum atomic E-state index is -0.477. The number of benzene rings is 2. The zero-order valence-corrected chi connectivity index (χ0v) is 10.9. The summed E-state index contributed by atoms with van der Waals surface area (Å²) in [7, 11) is 0. The van der Waals surface area contributed by atoms with Crippen LogP contribution in [0.4, 0.5) is 0 Å². The van der Waals surface area contributed by atoms with Crippen molar-refractivity contribution in [2.24, 2.45) is 0 Å². The lowest BCUT2D eigenvalue weighted by Gasteiger charge is -2.06. The molecule has 0 fully saturated rings. The predicted molar refractivity (Wildman–Crippen MR) is 72.3 cm³/mol. The van der Waals surface area contributed by atoms with E-state index in [0.717, 1.165) is 5.56 Å². The summed E-state index contributed by atoms with van der Waals surface area (Å²) in [4.78, 5) is 11.9. The summed E-state index contributed by atoms with van der Waals surface area (Å²) in [5.74, 6) is -0.234. The third kappa shape index (κ3) is 3.12. The van der Waals surface area contributed by atoms with E-state index in [1.165, 1.54) is 12.1 Å². The third-order valence-corrected chi connectivity index (χ3v) is 2.81. The number of halogens is 1. The second-order valence-electron chi connectivity index (χ2n) is 4.02. The van der Waals surface area contributed by atoms with Gasteiger partial charge in [0.1, 0.15) is 5.75 Å². The number of hydrogen-bond acceptors (Lipinski definition) is 3. The van der Waals surface area contributed by atoms with Crippen molar-refractivity contribution in [3.05, 3.63) is 64.2 Å². The maximum atomic E-state index is 11.9. The fourth-order valence-corrected chi connectivity index (χ4v) is 1.80. The van der Waals surface area contributed by atoms with Crippen LogP contribution in [0.25, 0.3) is 0 Å². The van der Waals surface area contributed by atoms with Gasteiger partial charge in [-0.1, -0.05) is 29.3 Å². The molecule has 0 aliphatic heterocycles. The molecule has 0 N–H and O–H groups in total. The SMILES string of the molecule is Cc1cccc(C(=O)Oc2ccc(C#N)cc2Cl)c1. The van der Waals surface area contributed by atoms with Gasteiger partial charge in [-0.15, -0.1) is 0 Å². The number of hydrogen-bond donors (Lipinski definition) is 0. The van der Waals surface area contributed by atoms with Crippen LogP contribution in [0.5, 0.6) is 5.75 Å². The molecule has 3 nitrogen and oxygen atoms in total. The molecule has 0 aromatic heterocycles. The summed E-state index contributed by atoms with van der Waals surface area (Å²) in [6.07, 6.45) is 0. The molecule has 94 valence electrons. The second-order valence-corrected chi connectivity index (χ2v) is 4.42. The van der Waals surface area contributed by atoms with Crippen LogP contribution in [-0.2, 0) is 0 Å². The van der Waals surface area contributed by atoms with Crippen LogP contribution in [0, 0.1) is 18.3 Å². The number of nitriles is 1. The molecule has 0 aliphatic carbocycles. The third-order valence-electron chi connectivity index (χ3n) is 2.52. The van der Waals surface area contributed by atoms with Crippen molar-refractivity contribution in [1.29, 1.82) is 5.26 Å². The van der Waals surface area contributed by atoms with E-state index in [1.54, 1.807) is 24.3 Å². The Morgan fingerprint density at radius 3 is 2.68 bits per heavy atom. The fourth-order valence-electron chi connectivity index (χ4n) is 1.58. The van der Waals surface area contributed by atoms with E-state index >= 15 is 0 Å². The molecule has 0 saturated carbocycles. The van der Waals surface area contributed by atoms with E-state index in [4.69, 9.17) is 21.6 Å². The Morgan fingerprint density at radius 2 is 2.05 bits per heavy atom. The zero-order valence-electron chi connectivity index (χ0n) is 10.2. The highest BCUT2D eigenvalue weighted by molar-refractivity contribution is 6.32. The van der Waals surface area contributed by atoms with Gasteiger partial charge in [-0.25, -0.2) is 4.79 Å². The van der Waals surface area contributed by atoms with Crippen LogP contribution in [0.15, 0.2) is 42.5 Å². The van der Waals surface area contributed by atoms with Crippen molar-refractivity contribution < 1.29 is 9.53 Å². The quantitative estimate of drug-likeness (QED) is 0.617. The molecule has 2 aromatic carbocycles. The number of ether oxygens (including phenoxy) is 1. The number of rotatable bonds is 2. The number of aryl methyl sites for hydroxylation is 1.